The Morgan fingerprint density at radius 2 is 1.69 bits per heavy atom. The zero-order chi connectivity index (χ0) is 11.4. The summed E-state index contributed by atoms with van der Waals surface area (Å²) in [5, 5.41) is 3.03. The predicted octanol–water partition coefficient (Wildman–Crippen LogP) is -0.211. The van der Waals surface area contributed by atoms with Crippen LogP contribution in [0.3, 0.4) is 0 Å². The summed E-state index contributed by atoms with van der Waals surface area (Å²) in [5.74, 6) is -0.0253. The number of amides is 1. The fraction of sp³-hybridized carbons (Fsp3) is 0.909. The Bertz CT molecular complexity index is 246. The Morgan fingerprint density at radius 3 is 2.31 bits per heavy atom. The zero-order valence-corrected chi connectivity index (χ0v) is 9.54. The van der Waals surface area contributed by atoms with Crippen molar-refractivity contribution in [1.29, 1.82) is 0 Å². The van der Waals surface area contributed by atoms with Crippen molar-refractivity contribution in [2.45, 2.75) is 37.3 Å². The predicted molar refractivity (Wildman–Crippen MR) is 59.0 cm³/mol. The van der Waals surface area contributed by atoms with Gasteiger partial charge < -0.3 is 20.5 Å². The molecule has 2 saturated heterocycles. The summed E-state index contributed by atoms with van der Waals surface area (Å²) in [6.07, 6.45) is 3.00. The number of carbonyl (C=O) groups excluding carboxylic acids is 1. The van der Waals surface area contributed by atoms with Crippen LogP contribution in [0.15, 0.2) is 0 Å². The molecule has 2 aliphatic heterocycles. The third-order valence-corrected chi connectivity index (χ3v) is 3.39. The molecule has 1 amide bonds. The summed E-state index contributed by atoms with van der Waals surface area (Å²) in [7, 11) is 0. The molecule has 3 N–H and O–H groups in total. The lowest BCUT2D eigenvalue weighted by molar-refractivity contribution is -0.131. The van der Waals surface area contributed by atoms with Gasteiger partial charge in [-0.15, -0.1) is 0 Å². The second-order valence-electron chi connectivity index (χ2n) is 4.63. The van der Waals surface area contributed by atoms with E-state index in [2.05, 4.69) is 5.32 Å². The van der Waals surface area contributed by atoms with Crippen molar-refractivity contribution in [3.05, 3.63) is 0 Å². The molecule has 0 aromatic rings. The Labute approximate surface area is 95.7 Å². The van der Waals surface area contributed by atoms with Gasteiger partial charge in [-0.3, -0.25) is 4.79 Å². The van der Waals surface area contributed by atoms with Crippen molar-refractivity contribution in [2.75, 3.05) is 26.4 Å². The summed E-state index contributed by atoms with van der Waals surface area (Å²) in [4.78, 5) is 12.1. The molecule has 2 fully saturated rings. The number of rotatable bonds is 2. The van der Waals surface area contributed by atoms with E-state index in [4.69, 9.17) is 15.2 Å². The number of ether oxygens (including phenoxy) is 2. The topological polar surface area (TPSA) is 73.6 Å². The average molecular weight is 228 g/mol. The molecule has 0 aliphatic carbocycles. The highest BCUT2D eigenvalue weighted by Crippen LogP contribution is 2.18. The van der Waals surface area contributed by atoms with Crippen LogP contribution in [0.4, 0.5) is 0 Å². The van der Waals surface area contributed by atoms with E-state index in [0.29, 0.717) is 26.1 Å². The largest absolute Gasteiger partial charge is 0.381 e. The summed E-state index contributed by atoms with van der Waals surface area (Å²) < 4.78 is 10.5. The minimum Gasteiger partial charge on any atom is -0.381 e. The molecule has 5 heteroatoms. The van der Waals surface area contributed by atoms with Gasteiger partial charge in [-0.2, -0.15) is 0 Å². The van der Waals surface area contributed by atoms with Gasteiger partial charge in [-0.1, -0.05) is 0 Å². The van der Waals surface area contributed by atoms with Gasteiger partial charge >= 0.3 is 0 Å². The summed E-state index contributed by atoms with van der Waals surface area (Å²) in [5.41, 5.74) is 5.37. The fourth-order valence-corrected chi connectivity index (χ4v) is 2.13. The molecular formula is C11H20N2O3. The van der Waals surface area contributed by atoms with Crippen LogP contribution < -0.4 is 11.1 Å². The van der Waals surface area contributed by atoms with Crippen LogP contribution in [-0.2, 0) is 14.3 Å². The fourth-order valence-electron chi connectivity index (χ4n) is 2.13. The van der Waals surface area contributed by atoms with E-state index in [1.807, 2.05) is 0 Å². The van der Waals surface area contributed by atoms with Gasteiger partial charge in [0, 0.05) is 32.5 Å². The lowest BCUT2D eigenvalue weighted by Gasteiger charge is -2.34. The van der Waals surface area contributed by atoms with E-state index in [1.54, 1.807) is 0 Å². The van der Waals surface area contributed by atoms with Crippen LogP contribution in [0.1, 0.15) is 25.7 Å². The highest BCUT2D eigenvalue weighted by Gasteiger charge is 2.36. The molecule has 0 saturated carbocycles. The van der Waals surface area contributed by atoms with E-state index in [-0.39, 0.29) is 11.9 Å². The number of carbonyl (C=O) groups is 1. The molecule has 0 atom stereocenters. The van der Waals surface area contributed by atoms with Crippen molar-refractivity contribution in [2.24, 2.45) is 5.73 Å². The first-order chi connectivity index (χ1) is 7.71. The van der Waals surface area contributed by atoms with E-state index in [9.17, 15) is 4.79 Å². The van der Waals surface area contributed by atoms with Crippen molar-refractivity contribution in [1.82, 2.24) is 5.32 Å². The lowest BCUT2D eigenvalue weighted by atomic mass is 9.89. The smallest absolute Gasteiger partial charge is 0.240 e. The van der Waals surface area contributed by atoms with Crippen molar-refractivity contribution < 1.29 is 14.3 Å². The highest BCUT2D eigenvalue weighted by atomic mass is 16.5. The van der Waals surface area contributed by atoms with Crippen LogP contribution >= 0.6 is 0 Å². The number of hydrogen-bond donors (Lipinski definition) is 2. The van der Waals surface area contributed by atoms with Crippen LogP contribution in [0, 0.1) is 0 Å². The monoisotopic (exact) mass is 228 g/mol. The van der Waals surface area contributed by atoms with Crippen LogP contribution in [0.25, 0.3) is 0 Å². The van der Waals surface area contributed by atoms with Gasteiger partial charge in [0.1, 0.15) is 0 Å². The summed E-state index contributed by atoms with van der Waals surface area (Å²) in [6, 6.07) is 0.226. The molecule has 0 aromatic heterocycles. The van der Waals surface area contributed by atoms with E-state index >= 15 is 0 Å². The van der Waals surface area contributed by atoms with Crippen molar-refractivity contribution in [3.63, 3.8) is 0 Å². The second kappa shape index (κ2) is 5.12. The highest BCUT2D eigenvalue weighted by molar-refractivity contribution is 5.86. The molecule has 2 heterocycles. The molecule has 0 radical (unpaired) electrons. The molecule has 0 bridgehead atoms. The Kier molecular flexibility index (Phi) is 3.78. The number of nitrogens with one attached hydrogen (secondary N) is 1. The number of nitrogens with two attached hydrogens (primary N) is 1. The normalized spacial score (nSPS) is 26.3. The molecule has 92 valence electrons. The molecule has 2 aliphatic rings. The standard InChI is InChI=1S/C11H20N2O3/c12-11(3-7-16-8-4-11)10(14)13-9-1-5-15-6-2-9/h9H,1-8,12H2,(H,13,14). The van der Waals surface area contributed by atoms with Crippen LogP contribution in [0.5, 0.6) is 0 Å². The summed E-state index contributed by atoms with van der Waals surface area (Å²) in [6.45, 7) is 2.62. The molecule has 2 rings (SSSR count). The van der Waals surface area contributed by atoms with Gasteiger partial charge in [-0.05, 0) is 25.7 Å². The molecule has 0 aromatic carbocycles. The molecular weight excluding hydrogens is 208 g/mol. The maximum Gasteiger partial charge on any atom is 0.240 e. The SMILES string of the molecule is NC1(C(=O)NC2CCOCC2)CCOCC1. The number of hydrogen-bond acceptors (Lipinski definition) is 4. The maximum atomic E-state index is 12.1. The van der Waals surface area contributed by atoms with Crippen LogP contribution in [0.2, 0.25) is 0 Å². The molecule has 5 nitrogen and oxygen atoms in total. The maximum absolute atomic E-state index is 12.1. The van der Waals surface area contributed by atoms with Gasteiger partial charge in [-0.25, -0.2) is 0 Å². The Balaban J connectivity index is 1.85. The van der Waals surface area contributed by atoms with Crippen LogP contribution in [-0.4, -0.2) is 43.9 Å². The van der Waals surface area contributed by atoms with Gasteiger partial charge in [0.15, 0.2) is 0 Å². The van der Waals surface area contributed by atoms with Crippen molar-refractivity contribution in [3.8, 4) is 0 Å². The minimum absolute atomic E-state index is 0.0253. The second-order valence-corrected chi connectivity index (χ2v) is 4.63. The third kappa shape index (κ3) is 2.72. The zero-order valence-electron chi connectivity index (χ0n) is 9.54. The van der Waals surface area contributed by atoms with Gasteiger partial charge in [0.25, 0.3) is 0 Å². The quantitative estimate of drug-likeness (QED) is 0.686. The minimum atomic E-state index is -0.726. The first kappa shape index (κ1) is 11.8. The third-order valence-electron chi connectivity index (χ3n) is 3.39. The Hall–Kier alpha value is -0.650. The molecule has 0 spiro atoms. The molecule has 16 heavy (non-hydrogen) atoms. The van der Waals surface area contributed by atoms with Crippen molar-refractivity contribution >= 4 is 5.91 Å². The first-order valence-corrected chi connectivity index (χ1v) is 5.96. The van der Waals surface area contributed by atoms with E-state index < -0.39 is 5.54 Å². The average Bonchev–Trinajstić information content (AvgIpc) is 2.31. The first-order valence-electron chi connectivity index (χ1n) is 5.96. The van der Waals surface area contributed by atoms with E-state index in [0.717, 1.165) is 26.1 Å². The Morgan fingerprint density at radius 1 is 1.12 bits per heavy atom. The van der Waals surface area contributed by atoms with Gasteiger partial charge in [0.2, 0.25) is 5.91 Å². The lowest BCUT2D eigenvalue weighted by Crippen LogP contribution is -2.59. The van der Waals surface area contributed by atoms with E-state index in [1.165, 1.54) is 0 Å². The summed E-state index contributed by atoms with van der Waals surface area (Å²) >= 11 is 0. The molecule has 0 unspecified atom stereocenters. The van der Waals surface area contributed by atoms with Gasteiger partial charge in [0.05, 0.1) is 5.54 Å².